The Bertz CT molecular complexity index is 490. The summed E-state index contributed by atoms with van der Waals surface area (Å²) in [7, 11) is 0. The van der Waals surface area contributed by atoms with Gasteiger partial charge in [0.2, 0.25) is 0 Å². The molecule has 0 spiro atoms. The predicted octanol–water partition coefficient (Wildman–Crippen LogP) is 1.82. The highest BCUT2D eigenvalue weighted by atomic mass is 16.6. The highest BCUT2D eigenvalue weighted by Crippen LogP contribution is 2.31. The molecule has 1 aliphatic heterocycles. The normalized spacial score (nSPS) is 21.4. The maximum Gasteiger partial charge on any atom is 0.410 e. The molecular formula is C17H25N3O2. The van der Waals surface area contributed by atoms with Crippen molar-refractivity contribution < 1.29 is 9.53 Å². The van der Waals surface area contributed by atoms with Crippen LogP contribution in [-0.4, -0.2) is 54.2 Å². The van der Waals surface area contributed by atoms with Crippen LogP contribution in [0.1, 0.15) is 24.8 Å². The van der Waals surface area contributed by atoms with Gasteiger partial charge in [-0.3, -0.25) is 4.90 Å². The summed E-state index contributed by atoms with van der Waals surface area (Å²) in [4.78, 5) is 16.5. The largest absolute Gasteiger partial charge is 0.445 e. The van der Waals surface area contributed by atoms with Gasteiger partial charge in [0.25, 0.3) is 0 Å². The van der Waals surface area contributed by atoms with Crippen LogP contribution in [0, 0.1) is 0 Å². The van der Waals surface area contributed by atoms with Gasteiger partial charge in [-0.25, -0.2) is 4.79 Å². The highest BCUT2D eigenvalue weighted by molar-refractivity contribution is 5.68. The van der Waals surface area contributed by atoms with Crippen molar-refractivity contribution >= 4 is 6.09 Å². The van der Waals surface area contributed by atoms with Gasteiger partial charge < -0.3 is 15.4 Å². The molecule has 2 fully saturated rings. The first-order valence-corrected chi connectivity index (χ1v) is 8.19. The van der Waals surface area contributed by atoms with E-state index in [9.17, 15) is 4.79 Å². The van der Waals surface area contributed by atoms with Crippen LogP contribution in [0.25, 0.3) is 0 Å². The number of hydrogen-bond donors (Lipinski definition) is 1. The molecule has 1 aromatic rings. The molecule has 1 saturated carbocycles. The number of amides is 1. The molecule has 0 radical (unpaired) electrons. The third-order valence-corrected chi connectivity index (χ3v) is 4.50. The van der Waals surface area contributed by atoms with Crippen molar-refractivity contribution in [2.24, 2.45) is 5.73 Å². The molecule has 2 aliphatic rings. The molecule has 1 aliphatic carbocycles. The van der Waals surface area contributed by atoms with Crippen LogP contribution in [0.5, 0.6) is 0 Å². The minimum atomic E-state index is -0.199. The third-order valence-electron chi connectivity index (χ3n) is 4.50. The molecule has 0 aromatic heterocycles. The molecule has 5 heteroatoms. The van der Waals surface area contributed by atoms with E-state index in [-0.39, 0.29) is 6.09 Å². The van der Waals surface area contributed by atoms with Crippen LogP contribution in [0.15, 0.2) is 30.3 Å². The maximum absolute atomic E-state index is 12.2. The number of carbonyl (C=O) groups excluding carboxylic acids is 1. The van der Waals surface area contributed by atoms with Crippen molar-refractivity contribution in [2.75, 3.05) is 26.2 Å². The lowest BCUT2D eigenvalue weighted by Gasteiger charge is -2.28. The molecule has 1 atom stereocenters. The van der Waals surface area contributed by atoms with Crippen molar-refractivity contribution in [2.45, 2.75) is 38.0 Å². The van der Waals surface area contributed by atoms with Gasteiger partial charge in [-0.1, -0.05) is 30.3 Å². The molecule has 2 N–H and O–H groups in total. The number of nitrogens with zero attached hydrogens (tertiary/aromatic N) is 2. The second kappa shape index (κ2) is 7.11. The lowest BCUT2D eigenvalue weighted by molar-refractivity contribution is 0.0996. The van der Waals surface area contributed by atoms with E-state index >= 15 is 0 Å². The zero-order valence-electron chi connectivity index (χ0n) is 13.0. The Labute approximate surface area is 132 Å². The van der Waals surface area contributed by atoms with E-state index in [1.165, 1.54) is 12.8 Å². The fourth-order valence-electron chi connectivity index (χ4n) is 3.21. The minimum absolute atomic E-state index is 0.199. The fraction of sp³-hybridized carbons (Fsp3) is 0.588. The molecule has 3 rings (SSSR count). The van der Waals surface area contributed by atoms with Crippen molar-refractivity contribution in [3.63, 3.8) is 0 Å². The Kier molecular flexibility index (Phi) is 4.95. The quantitative estimate of drug-likeness (QED) is 0.871. The summed E-state index contributed by atoms with van der Waals surface area (Å²) in [5, 5.41) is 0. The van der Waals surface area contributed by atoms with Crippen LogP contribution >= 0.6 is 0 Å². The number of ether oxygens (including phenoxy) is 1. The van der Waals surface area contributed by atoms with E-state index in [2.05, 4.69) is 4.90 Å². The number of hydrogen-bond acceptors (Lipinski definition) is 4. The first kappa shape index (κ1) is 15.3. The molecular weight excluding hydrogens is 278 g/mol. The van der Waals surface area contributed by atoms with Crippen LogP contribution in [0.4, 0.5) is 4.79 Å². The van der Waals surface area contributed by atoms with Crippen LogP contribution in [-0.2, 0) is 11.3 Å². The molecule has 1 heterocycles. The summed E-state index contributed by atoms with van der Waals surface area (Å²) in [5.41, 5.74) is 6.74. The van der Waals surface area contributed by atoms with Gasteiger partial charge in [-0.15, -0.1) is 0 Å². The standard InChI is InChI=1S/C17H25N3O2/c18-9-11-20(15-6-7-15)16-8-10-19(12-16)17(21)22-13-14-4-2-1-3-5-14/h1-5,15-16H,6-13,18H2/t16-/m1/s1. The first-order chi connectivity index (χ1) is 10.8. The number of nitrogens with two attached hydrogens (primary N) is 1. The third kappa shape index (κ3) is 3.78. The van der Waals surface area contributed by atoms with E-state index in [4.69, 9.17) is 10.5 Å². The zero-order chi connectivity index (χ0) is 15.4. The Hall–Kier alpha value is -1.59. The van der Waals surface area contributed by atoms with Crippen molar-refractivity contribution in [1.29, 1.82) is 0 Å². The van der Waals surface area contributed by atoms with Gasteiger partial charge in [0.15, 0.2) is 0 Å². The minimum Gasteiger partial charge on any atom is -0.445 e. The Morgan fingerprint density at radius 1 is 1.23 bits per heavy atom. The smallest absolute Gasteiger partial charge is 0.410 e. The second-order valence-corrected chi connectivity index (χ2v) is 6.19. The maximum atomic E-state index is 12.2. The summed E-state index contributed by atoms with van der Waals surface area (Å²) >= 11 is 0. The van der Waals surface area contributed by atoms with Gasteiger partial charge in [-0.2, -0.15) is 0 Å². The molecule has 1 amide bonds. The van der Waals surface area contributed by atoms with E-state index in [0.717, 1.165) is 31.6 Å². The average Bonchev–Trinajstić information content (AvgIpc) is 3.27. The summed E-state index contributed by atoms with van der Waals surface area (Å²) in [5.74, 6) is 0. The van der Waals surface area contributed by atoms with Gasteiger partial charge in [0, 0.05) is 38.3 Å². The summed E-state index contributed by atoms with van der Waals surface area (Å²) in [6.45, 7) is 3.51. The van der Waals surface area contributed by atoms with E-state index in [1.54, 1.807) is 0 Å². The van der Waals surface area contributed by atoms with E-state index < -0.39 is 0 Å². The summed E-state index contributed by atoms with van der Waals surface area (Å²) in [6, 6.07) is 10.9. The SMILES string of the molecule is NCCN(C1CC1)[C@@H]1CCN(C(=O)OCc2ccccc2)C1. The van der Waals surface area contributed by atoms with Gasteiger partial charge in [0.1, 0.15) is 6.61 Å². The van der Waals surface area contributed by atoms with Crippen molar-refractivity contribution in [3.8, 4) is 0 Å². The second-order valence-electron chi connectivity index (χ2n) is 6.19. The molecule has 120 valence electrons. The molecule has 0 unspecified atom stereocenters. The van der Waals surface area contributed by atoms with Crippen molar-refractivity contribution in [3.05, 3.63) is 35.9 Å². The van der Waals surface area contributed by atoms with Gasteiger partial charge in [-0.05, 0) is 24.8 Å². The number of rotatable bonds is 6. The van der Waals surface area contributed by atoms with Crippen LogP contribution in [0.3, 0.4) is 0 Å². The van der Waals surface area contributed by atoms with E-state index in [0.29, 0.717) is 25.2 Å². The molecule has 5 nitrogen and oxygen atoms in total. The molecule has 1 saturated heterocycles. The highest BCUT2D eigenvalue weighted by Gasteiger charge is 2.38. The Balaban J connectivity index is 1.48. The number of likely N-dealkylation sites (tertiary alicyclic amines) is 1. The van der Waals surface area contributed by atoms with Crippen LogP contribution < -0.4 is 5.73 Å². The summed E-state index contributed by atoms with van der Waals surface area (Å²) in [6.07, 6.45) is 3.37. The molecule has 1 aromatic carbocycles. The molecule has 22 heavy (non-hydrogen) atoms. The topological polar surface area (TPSA) is 58.8 Å². The zero-order valence-corrected chi connectivity index (χ0v) is 13.0. The average molecular weight is 303 g/mol. The first-order valence-electron chi connectivity index (χ1n) is 8.19. The monoisotopic (exact) mass is 303 g/mol. The van der Waals surface area contributed by atoms with Gasteiger partial charge >= 0.3 is 6.09 Å². The lowest BCUT2D eigenvalue weighted by Crippen LogP contribution is -2.42. The lowest BCUT2D eigenvalue weighted by atomic mass is 10.2. The Morgan fingerprint density at radius 2 is 2.00 bits per heavy atom. The van der Waals surface area contributed by atoms with Gasteiger partial charge in [0.05, 0.1) is 0 Å². The van der Waals surface area contributed by atoms with Crippen LogP contribution in [0.2, 0.25) is 0 Å². The number of carbonyl (C=O) groups is 1. The molecule has 0 bridgehead atoms. The van der Waals surface area contributed by atoms with Crippen molar-refractivity contribution in [1.82, 2.24) is 9.80 Å². The predicted molar refractivity (Wildman–Crippen MR) is 85.4 cm³/mol. The van der Waals surface area contributed by atoms with E-state index in [1.807, 2.05) is 35.2 Å². The summed E-state index contributed by atoms with van der Waals surface area (Å²) < 4.78 is 5.42. The Morgan fingerprint density at radius 3 is 2.68 bits per heavy atom. The fourth-order valence-corrected chi connectivity index (χ4v) is 3.21. The number of benzene rings is 1.